The zero-order valence-electron chi connectivity index (χ0n) is 17.7. The standard InChI is InChI=1S/C22H27N3O5S/c1-29-19-9-5-3-7-17(19)23-13-15-24(16-14-23)22(26)21-11-12-25(31(2,27)28)18-8-4-6-10-20(18)30-21/h3-10,21H,11-16H2,1-2H3/t21-/m0/s1. The molecule has 2 aliphatic rings. The van der Waals surface area contributed by atoms with Crippen molar-refractivity contribution in [1.82, 2.24) is 4.90 Å². The fourth-order valence-corrected chi connectivity index (χ4v) is 5.06. The van der Waals surface area contributed by atoms with E-state index in [1.807, 2.05) is 24.3 Å². The third kappa shape index (κ3) is 4.41. The van der Waals surface area contributed by atoms with E-state index in [4.69, 9.17) is 9.47 Å². The van der Waals surface area contributed by atoms with Crippen molar-refractivity contribution in [3.63, 3.8) is 0 Å². The van der Waals surface area contributed by atoms with E-state index in [0.29, 0.717) is 44.0 Å². The van der Waals surface area contributed by atoms with Gasteiger partial charge in [-0.1, -0.05) is 24.3 Å². The molecule has 1 amide bonds. The number of fused-ring (bicyclic) bond motifs is 1. The number of ether oxygens (including phenoxy) is 2. The Morgan fingerprint density at radius 3 is 2.29 bits per heavy atom. The Morgan fingerprint density at radius 1 is 0.968 bits per heavy atom. The van der Waals surface area contributed by atoms with Gasteiger partial charge in [0.15, 0.2) is 6.10 Å². The van der Waals surface area contributed by atoms with E-state index in [-0.39, 0.29) is 12.5 Å². The molecule has 0 spiro atoms. The fourth-order valence-electron chi connectivity index (χ4n) is 4.11. The molecule has 2 aromatic carbocycles. The van der Waals surface area contributed by atoms with Crippen molar-refractivity contribution >= 4 is 27.3 Å². The van der Waals surface area contributed by atoms with Gasteiger partial charge in [-0.25, -0.2) is 8.42 Å². The average Bonchev–Trinajstić information content (AvgIpc) is 2.98. The monoisotopic (exact) mass is 445 g/mol. The number of piperazine rings is 1. The summed E-state index contributed by atoms with van der Waals surface area (Å²) in [4.78, 5) is 17.2. The van der Waals surface area contributed by atoms with Crippen molar-refractivity contribution < 1.29 is 22.7 Å². The highest BCUT2D eigenvalue weighted by Crippen LogP contribution is 2.34. The van der Waals surface area contributed by atoms with Gasteiger partial charge in [0.1, 0.15) is 11.5 Å². The van der Waals surface area contributed by atoms with Crippen LogP contribution in [0.4, 0.5) is 11.4 Å². The summed E-state index contributed by atoms with van der Waals surface area (Å²) in [7, 11) is -1.82. The second-order valence-electron chi connectivity index (χ2n) is 7.68. The Hall–Kier alpha value is -2.94. The van der Waals surface area contributed by atoms with Crippen LogP contribution < -0.4 is 18.7 Å². The minimum absolute atomic E-state index is 0.107. The molecule has 0 aromatic heterocycles. The fraction of sp³-hybridized carbons (Fsp3) is 0.409. The predicted molar refractivity (Wildman–Crippen MR) is 119 cm³/mol. The Morgan fingerprint density at radius 2 is 1.61 bits per heavy atom. The molecule has 1 saturated heterocycles. The lowest BCUT2D eigenvalue weighted by atomic mass is 10.2. The van der Waals surface area contributed by atoms with Crippen LogP contribution in [0.5, 0.6) is 11.5 Å². The van der Waals surface area contributed by atoms with E-state index in [0.717, 1.165) is 11.4 Å². The van der Waals surface area contributed by atoms with Crippen molar-refractivity contribution in [2.24, 2.45) is 0 Å². The third-order valence-corrected chi connectivity index (χ3v) is 6.87. The molecule has 0 unspecified atom stereocenters. The first-order valence-electron chi connectivity index (χ1n) is 10.3. The quantitative estimate of drug-likeness (QED) is 0.716. The Kier molecular flexibility index (Phi) is 5.95. The van der Waals surface area contributed by atoms with Crippen LogP contribution in [0.3, 0.4) is 0 Å². The number of hydrogen-bond acceptors (Lipinski definition) is 6. The number of para-hydroxylation sites is 4. The molecule has 8 nitrogen and oxygen atoms in total. The number of nitrogens with zero attached hydrogens (tertiary/aromatic N) is 3. The van der Waals surface area contributed by atoms with Crippen LogP contribution in [0.25, 0.3) is 0 Å². The lowest BCUT2D eigenvalue weighted by Gasteiger charge is -2.37. The number of hydrogen-bond donors (Lipinski definition) is 0. The van der Waals surface area contributed by atoms with Crippen LogP contribution >= 0.6 is 0 Å². The van der Waals surface area contributed by atoms with Crippen molar-refractivity contribution in [2.75, 3.05) is 55.3 Å². The summed E-state index contributed by atoms with van der Waals surface area (Å²) >= 11 is 0. The van der Waals surface area contributed by atoms with E-state index >= 15 is 0 Å². The first-order valence-corrected chi connectivity index (χ1v) is 12.1. The zero-order valence-corrected chi connectivity index (χ0v) is 18.5. The van der Waals surface area contributed by atoms with Crippen LogP contribution in [0.2, 0.25) is 0 Å². The highest BCUT2D eigenvalue weighted by molar-refractivity contribution is 7.92. The molecule has 0 bridgehead atoms. The van der Waals surface area contributed by atoms with E-state index < -0.39 is 16.1 Å². The van der Waals surface area contributed by atoms with Gasteiger partial charge in [0.2, 0.25) is 10.0 Å². The molecular formula is C22H27N3O5S. The topological polar surface area (TPSA) is 79.4 Å². The summed E-state index contributed by atoms with van der Waals surface area (Å²) in [5.41, 5.74) is 1.49. The van der Waals surface area contributed by atoms with Crippen LogP contribution in [0.15, 0.2) is 48.5 Å². The number of amides is 1. The van der Waals surface area contributed by atoms with E-state index in [9.17, 15) is 13.2 Å². The number of carbonyl (C=O) groups excluding carboxylic acids is 1. The number of anilines is 2. The molecule has 0 N–H and O–H groups in total. The maximum Gasteiger partial charge on any atom is 0.263 e. The van der Waals surface area contributed by atoms with Gasteiger partial charge in [-0.3, -0.25) is 9.10 Å². The second-order valence-corrected chi connectivity index (χ2v) is 9.59. The van der Waals surface area contributed by atoms with Gasteiger partial charge in [0.05, 0.1) is 24.7 Å². The van der Waals surface area contributed by atoms with Crippen molar-refractivity contribution in [1.29, 1.82) is 0 Å². The minimum atomic E-state index is -3.47. The van der Waals surface area contributed by atoms with Crippen molar-refractivity contribution in [3.05, 3.63) is 48.5 Å². The van der Waals surface area contributed by atoms with Crippen LogP contribution in [-0.4, -0.2) is 71.4 Å². The molecule has 0 radical (unpaired) electrons. The molecule has 31 heavy (non-hydrogen) atoms. The largest absolute Gasteiger partial charge is 0.495 e. The van der Waals surface area contributed by atoms with Crippen LogP contribution in [0, 0.1) is 0 Å². The normalized spacial score (nSPS) is 19.3. The van der Waals surface area contributed by atoms with Gasteiger partial charge < -0.3 is 19.3 Å². The first-order chi connectivity index (χ1) is 14.9. The molecule has 2 heterocycles. The summed E-state index contributed by atoms with van der Waals surface area (Å²) < 4.78 is 37.3. The summed E-state index contributed by atoms with van der Waals surface area (Å²) in [6, 6.07) is 14.8. The number of sulfonamides is 1. The summed E-state index contributed by atoms with van der Waals surface area (Å²) in [5.74, 6) is 1.12. The second kappa shape index (κ2) is 8.66. The number of carbonyl (C=O) groups is 1. The molecule has 0 saturated carbocycles. The summed E-state index contributed by atoms with van der Waals surface area (Å²) in [6.45, 7) is 2.70. The Balaban J connectivity index is 1.46. The van der Waals surface area contributed by atoms with Crippen LogP contribution in [-0.2, 0) is 14.8 Å². The molecular weight excluding hydrogens is 418 g/mol. The Labute approximate surface area is 183 Å². The third-order valence-electron chi connectivity index (χ3n) is 5.69. The van der Waals surface area contributed by atoms with Gasteiger partial charge in [-0.05, 0) is 24.3 Å². The zero-order chi connectivity index (χ0) is 22.0. The molecule has 4 rings (SSSR count). The highest BCUT2D eigenvalue weighted by Gasteiger charge is 2.34. The predicted octanol–water partition coefficient (Wildman–Crippen LogP) is 1.96. The first kappa shape index (κ1) is 21.3. The minimum Gasteiger partial charge on any atom is -0.495 e. The SMILES string of the molecule is COc1ccccc1N1CCN(C(=O)[C@@H]2CCN(S(C)(=O)=O)c3ccccc3O2)CC1. The van der Waals surface area contributed by atoms with Crippen LogP contribution in [0.1, 0.15) is 6.42 Å². The molecule has 2 aromatic rings. The number of methoxy groups -OCH3 is 1. The van der Waals surface area contributed by atoms with Crippen molar-refractivity contribution in [3.8, 4) is 11.5 Å². The highest BCUT2D eigenvalue weighted by atomic mass is 32.2. The Bertz CT molecular complexity index is 1050. The molecule has 1 atom stereocenters. The van der Waals surface area contributed by atoms with Gasteiger partial charge >= 0.3 is 0 Å². The van der Waals surface area contributed by atoms with Gasteiger partial charge in [-0.2, -0.15) is 0 Å². The van der Waals surface area contributed by atoms with Gasteiger partial charge in [0, 0.05) is 39.1 Å². The maximum atomic E-state index is 13.2. The van der Waals surface area contributed by atoms with Gasteiger partial charge in [0.25, 0.3) is 5.91 Å². The van der Waals surface area contributed by atoms with Gasteiger partial charge in [-0.15, -0.1) is 0 Å². The molecule has 9 heteroatoms. The molecule has 0 aliphatic carbocycles. The average molecular weight is 446 g/mol. The molecule has 2 aliphatic heterocycles. The van der Waals surface area contributed by atoms with Crippen molar-refractivity contribution in [2.45, 2.75) is 12.5 Å². The van der Waals surface area contributed by atoms with E-state index in [1.54, 1.807) is 36.3 Å². The number of benzene rings is 2. The van der Waals surface area contributed by atoms with E-state index in [2.05, 4.69) is 4.90 Å². The maximum absolute atomic E-state index is 13.2. The number of rotatable bonds is 4. The molecule has 166 valence electrons. The van der Waals surface area contributed by atoms with E-state index in [1.165, 1.54) is 10.6 Å². The molecule has 1 fully saturated rings. The lowest BCUT2D eigenvalue weighted by Crippen LogP contribution is -2.52. The lowest BCUT2D eigenvalue weighted by molar-refractivity contribution is -0.139. The smallest absolute Gasteiger partial charge is 0.263 e. The summed E-state index contributed by atoms with van der Waals surface area (Å²) in [5, 5.41) is 0. The summed E-state index contributed by atoms with van der Waals surface area (Å²) in [6.07, 6.45) is 0.752.